The molecule has 7 nitrogen and oxygen atoms in total. The molecule has 2 unspecified atom stereocenters. The minimum absolute atomic E-state index is 0.0503. The van der Waals surface area contributed by atoms with Crippen LogP contribution in [0.1, 0.15) is 54.9 Å². The summed E-state index contributed by atoms with van der Waals surface area (Å²) in [5, 5.41) is 4.42. The summed E-state index contributed by atoms with van der Waals surface area (Å²) in [4.78, 5) is 15.7. The minimum Gasteiger partial charge on any atom is -0.338 e. The number of rotatable bonds is 4. The third-order valence-corrected chi connectivity index (χ3v) is 9.15. The molecule has 2 fully saturated rings. The van der Waals surface area contributed by atoms with Gasteiger partial charge in [0.1, 0.15) is 0 Å². The number of piperidine rings is 2. The lowest BCUT2D eigenvalue weighted by molar-refractivity contribution is 0.0625. The second kappa shape index (κ2) is 9.15. The number of pyridine rings is 1. The molecule has 4 heterocycles. The Morgan fingerprint density at radius 3 is 2.35 bits per heavy atom. The number of nitrogens with zero attached hydrogens (tertiary/aromatic N) is 4. The van der Waals surface area contributed by atoms with Crippen molar-refractivity contribution in [3.8, 4) is 0 Å². The number of aromatic nitrogens is 2. The van der Waals surface area contributed by atoms with Crippen LogP contribution in [0.3, 0.4) is 0 Å². The summed E-state index contributed by atoms with van der Waals surface area (Å²) in [6.45, 7) is 6.95. The highest BCUT2D eigenvalue weighted by Gasteiger charge is 2.31. The van der Waals surface area contributed by atoms with E-state index in [-0.39, 0.29) is 11.8 Å². The number of sulfonamides is 1. The largest absolute Gasteiger partial charge is 0.338 e. The van der Waals surface area contributed by atoms with Crippen molar-refractivity contribution in [3.63, 3.8) is 0 Å². The van der Waals surface area contributed by atoms with E-state index in [4.69, 9.17) is 0 Å². The zero-order chi connectivity index (χ0) is 23.9. The van der Waals surface area contributed by atoms with E-state index < -0.39 is 10.0 Å². The number of benzene rings is 1. The fourth-order valence-electron chi connectivity index (χ4n) is 5.59. The van der Waals surface area contributed by atoms with Crippen LogP contribution in [0.25, 0.3) is 5.52 Å². The molecule has 0 spiro atoms. The van der Waals surface area contributed by atoms with Gasteiger partial charge in [-0.25, -0.2) is 12.9 Å². The SMILES string of the molecule is CC1CC(C)CN(C(=O)c2cnn3ccc(C4CCN(S(=O)(=O)c5ccccc5)CC4)cc23)C1. The quantitative estimate of drug-likeness (QED) is 0.565. The lowest BCUT2D eigenvalue weighted by Gasteiger charge is -2.34. The molecule has 3 aromatic rings. The number of hydrogen-bond donors (Lipinski definition) is 0. The molecule has 2 saturated heterocycles. The lowest BCUT2D eigenvalue weighted by Crippen LogP contribution is -2.42. The number of carbonyl (C=O) groups is 1. The van der Waals surface area contributed by atoms with E-state index >= 15 is 0 Å². The maximum Gasteiger partial charge on any atom is 0.257 e. The maximum absolute atomic E-state index is 13.3. The van der Waals surface area contributed by atoms with Gasteiger partial charge in [0.25, 0.3) is 5.91 Å². The molecule has 34 heavy (non-hydrogen) atoms. The van der Waals surface area contributed by atoms with Crippen LogP contribution >= 0.6 is 0 Å². The van der Waals surface area contributed by atoms with Crippen molar-refractivity contribution in [2.75, 3.05) is 26.2 Å². The smallest absolute Gasteiger partial charge is 0.257 e. The molecule has 0 saturated carbocycles. The average Bonchev–Trinajstić information content (AvgIpc) is 3.27. The predicted molar refractivity (Wildman–Crippen MR) is 131 cm³/mol. The van der Waals surface area contributed by atoms with Crippen molar-refractivity contribution in [2.24, 2.45) is 11.8 Å². The highest BCUT2D eigenvalue weighted by molar-refractivity contribution is 7.89. The first-order valence-electron chi connectivity index (χ1n) is 12.1. The lowest BCUT2D eigenvalue weighted by atomic mass is 9.90. The van der Waals surface area contributed by atoms with Crippen LogP contribution in [0.15, 0.2) is 59.8 Å². The van der Waals surface area contributed by atoms with Gasteiger partial charge >= 0.3 is 0 Å². The third-order valence-electron chi connectivity index (χ3n) is 7.24. The first kappa shape index (κ1) is 23.1. The van der Waals surface area contributed by atoms with Gasteiger partial charge in [-0.1, -0.05) is 32.0 Å². The monoisotopic (exact) mass is 480 g/mol. The molecule has 2 aliphatic rings. The van der Waals surface area contributed by atoms with E-state index in [1.165, 1.54) is 0 Å². The Morgan fingerprint density at radius 1 is 1.00 bits per heavy atom. The molecular weight excluding hydrogens is 448 g/mol. The van der Waals surface area contributed by atoms with Gasteiger partial charge in [-0.3, -0.25) is 4.79 Å². The molecule has 2 aliphatic heterocycles. The second-order valence-corrected chi connectivity index (χ2v) is 11.9. The molecule has 5 rings (SSSR count). The van der Waals surface area contributed by atoms with Gasteiger partial charge in [-0.05, 0) is 66.8 Å². The Labute approximate surface area is 201 Å². The van der Waals surface area contributed by atoms with Crippen LogP contribution in [-0.4, -0.2) is 59.3 Å². The topological polar surface area (TPSA) is 75.0 Å². The molecule has 0 radical (unpaired) electrons. The summed E-state index contributed by atoms with van der Waals surface area (Å²) in [7, 11) is -3.46. The first-order chi connectivity index (χ1) is 16.3. The van der Waals surface area contributed by atoms with Crippen LogP contribution in [0.4, 0.5) is 0 Å². The molecule has 0 aliphatic carbocycles. The summed E-state index contributed by atoms with van der Waals surface area (Å²) in [5.74, 6) is 1.30. The van der Waals surface area contributed by atoms with Gasteiger partial charge in [-0.15, -0.1) is 0 Å². The van der Waals surface area contributed by atoms with E-state index in [1.54, 1.807) is 39.3 Å². The van der Waals surface area contributed by atoms with E-state index in [2.05, 4.69) is 25.0 Å². The standard InChI is InChI=1S/C26H32N4O3S/c1-19-14-20(2)18-28(17-19)26(31)24-16-27-30-13-10-22(15-25(24)30)21-8-11-29(12-9-21)34(32,33)23-6-4-3-5-7-23/h3-7,10,13,15-16,19-21H,8-9,11-12,14,17-18H2,1-2H3. The van der Waals surface area contributed by atoms with Crippen molar-refractivity contribution in [2.45, 2.75) is 43.9 Å². The molecule has 1 amide bonds. The number of hydrogen-bond acceptors (Lipinski definition) is 4. The number of amides is 1. The number of fused-ring (bicyclic) bond motifs is 1. The molecule has 0 N–H and O–H groups in total. The van der Waals surface area contributed by atoms with Crippen molar-refractivity contribution >= 4 is 21.4 Å². The second-order valence-electron chi connectivity index (χ2n) is 10.00. The van der Waals surface area contributed by atoms with E-state index in [1.807, 2.05) is 23.2 Å². The molecule has 0 bridgehead atoms. The fraction of sp³-hybridized carbons (Fsp3) is 0.462. The first-order valence-corrected chi connectivity index (χ1v) is 13.6. The Bertz CT molecular complexity index is 1270. The summed E-state index contributed by atoms with van der Waals surface area (Å²) in [6, 6.07) is 12.8. The van der Waals surface area contributed by atoms with Crippen molar-refractivity contribution in [1.82, 2.24) is 18.8 Å². The minimum atomic E-state index is -3.46. The fourth-order valence-corrected chi connectivity index (χ4v) is 7.08. The van der Waals surface area contributed by atoms with Crippen molar-refractivity contribution < 1.29 is 13.2 Å². The molecular formula is C26H32N4O3S. The van der Waals surface area contributed by atoms with Crippen LogP contribution in [0.2, 0.25) is 0 Å². The van der Waals surface area contributed by atoms with Gasteiger partial charge < -0.3 is 4.90 Å². The molecule has 2 aromatic heterocycles. The molecule has 2 atom stereocenters. The van der Waals surface area contributed by atoms with E-state index in [0.717, 1.165) is 43.4 Å². The summed E-state index contributed by atoms with van der Waals surface area (Å²) in [6.07, 6.45) is 6.25. The average molecular weight is 481 g/mol. The predicted octanol–water partition coefficient (Wildman–Crippen LogP) is 4.02. The molecule has 1 aromatic carbocycles. The maximum atomic E-state index is 13.3. The Balaban J connectivity index is 1.33. The zero-order valence-electron chi connectivity index (χ0n) is 19.8. The van der Waals surface area contributed by atoms with Crippen molar-refractivity contribution in [1.29, 1.82) is 0 Å². The Morgan fingerprint density at radius 2 is 1.68 bits per heavy atom. The number of likely N-dealkylation sites (tertiary alicyclic amines) is 1. The zero-order valence-corrected chi connectivity index (χ0v) is 20.6. The van der Waals surface area contributed by atoms with E-state index in [0.29, 0.717) is 35.4 Å². The van der Waals surface area contributed by atoms with Gasteiger partial charge in [0.05, 0.1) is 22.2 Å². The Kier molecular flexibility index (Phi) is 6.20. The van der Waals surface area contributed by atoms with Crippen LogP contribution < -0.4 is 0 Å². The van der Waals surface area contributed by atoms with E-state index in [9.17, 15) is 13.2 Å². The summed E-state index contributed by atoms with van der Waals surface area (Å²) < 4.78 is 29.3. The van der Waals surface area contributed by atoms with Crippen LogP contribution in [0, 0.1) is 11.8 Å². The molecule has 8 heteroatoms. The van der Waals surface area contributed by atoms with Crippen molar-refractivity contribution in [3.05, 3.63) is 66.0 Å². The van der Waals surface area contributed by atoms with Crippen LogP contribution in [-0.2, 0) is 10.0 Å². The Hall–Kier alpha value is -2.71. The third kappa shape index (κ3) is 4.36. The highest BCUT2D eigenvalue weighted by Crippen LogP contribution is 2.32. The van der Waals surface area contributed by atoms with Crippen LogP contribution in [0.5, 0.6) is 0 Å². The summed E-state index contributed by atoms with van der Waals surface area (Å²) in [5.41, 5.74) is 2.61. The summed E-state index contributed by atoms with van der Waals surface area (Å²) >= 11 is 0. The van der Waals surface area contributed by atoms with Gasteiger partial charge in [0.2, 0.25) is 10.0 Å². The highest BCUT2D eigenvalue weighted by atomic mass is 32.2. The van der Waals surface area contributed by atoms with Gasteiger partial charge in [0.15, 0.2) is 0 Å². The number of carbonyl (C=O) groups excluding carboxylic acids is 1. The molecule has 180 valence electrons. The van der Waals surface area contributed by atoms with Gasteiger partial charge in [0, 0.05) is 32.4 Å². The van der Waals surface area contributed by atoms with Gasteiger partial charge in [-0.2, -0.15) is 9.40 Å². The normalized spacial score (nSPS) is 22.8.